The minimum Gasteiger partial charge on any atom is -0.478 e. The first kappa shape index (κ1) is 11.0. The first-order chi connectivity index (χ1) is 6.50. The second-order valence-electron chi connectivity index (χ2n) is 3.29. The Kier molecular flexibility index (Phi) is 3.52. The lowest BCUT2D eigenvalue weighted by Gasteiger charge is -2.12. The number of hydrogen-bond donors (Lipinski definition) is 2. The molecule has 0 saturated carbocycles. The normalized spacial score (nSPS) is 10.3. The van der Waals surface area contributed by atoms with Crippen LogP contribution in [0.5, 0.6) is 0 Å². The molecule has 2 N–H and O–H groups in total. The van der Waals surface area contributed by atoms with E-state index in [4.69, 9.17) is 5.11 Å². The van der Waals surface area contributed by atoms with Gasteiger partial charge in [-0.15, -0.1) is 0 Å². The lowest BCUT2D eigenvalue weighted by atomic mass is 10.1. The van der Waals surface area contributed by atoms with E-state index in [0.29, 0.717) is 5.69 Å². The highest BCUT2D eigenvalue weighted by Crippen LogP contribution is 2.21. The van der Waals surface area contributed by atoms with E-state index >= 15 is 0 Å². The summed E-state index contributed by atoms with van der Waals surface area (Å²) in [7, 11) is 0. The molecule has 1 rings (SSSR count). The van der Waals surface area contributed by atoms with Crippen molar-refractivity contribution in [3.8, 4) is 0 Å². The van der Waals surface area contributed by atoms with Crippen molar-refractivity contribution in [1.29, 1.82) is 0 Å². The van der Waals surface area contributed by atoms with Crippen molar-refractivity contribution in [2.75, 3.05) is 5.32 Å². The van der Waals surface area contributed by atoms with Crippen LogP contribution in [0.25, 0.3) is 0 Å². The van der Waals surface area contributed by atoms with Crippen LogP contribution in [0, 0.1) is 0 Å². The number of benzene rings is 1. The highest BCUT2D eigenvalue weighted by Gasteiger charge is 2.10. The maximum atomic E-state index is 10.9. The SMILES string of the molecule is CC(C)Nc1ccc(Br)cc1C(=O)O. The summed E-state index contributed by atoms with van der Waals surface area (Å²) in [6.07, 6.45) is 0. The van der Waals surface area contributed by atoms with Crippen LogP contribution in [-0.4, -0.2) is 17.1 Å². The van der Waals surface area contributed by atoms with Gasteiger partial charge >= 0.3 is 5.97 Å². The molecule has 0 atom stereocenters. The van der Waals surface area contributed by atoms with Crippen LogP contribution >= 0.6 is 15.9 Å². The second kappa shape index (κ2) is 4.46. The van der Waals surface area contributed by atoms with Crippen molar-refractivity contribution in [2.45, 2.75) is 19.9 Å². The van der Waals surface area contributed by atoms with Crippen molar-refractivity contribution in [3.05, 3.63) is 28.2 Å². The van der Waals surface area contributed by atoms with Crippen molar-refractivity contribution in [2.24, 2.45) is 0 Å². The molecule has 3 nitrogen and oxygen atoms in total. The molecule has 0 saturated heterocycles. The average Bonchev–Trinajstić information content (AvgIpc) is 2.07. The van der Waals surface area contributed by atoms with Crippen LogP contribution in [0.1, 0.15) is 24.2 Å². The lowest BCUT2D eigenvalue weighted by molar-refractivity contribution is 0.0698. The van der Waals surface area contributed by atoms with Gasteiger partial charge in [-0.2, -0.15) is 0 Å². The topological polar surface area (TPSA) is 49.3 Å². The minimum atomic E-state index is -0.922. The Bertz CT molecular complexity index is 350. The summed E-state index contributed by atoms with van der Waals surface area (Å²) < 4.78 is 0.768. The fourth-order valence-corrected chi connectivity index (χ4v) is 1.49. The fourth-order valence-electron chi connectivity index (χ4n) is 1.13. The highest BCUT2D eigenvalue weighted by molar-refractivity contribution is 9.10. The highest BCUT2D eigenvalue weighted by atomic mass is 79.9. The first-order valence-electron chi connectivity index (χ1n) is 4.30. The molecule has 0 bridgehead atoms. The van der Waals surface area contributed by atoms with Crippen molar-refractivity contribution in [3.63, 3.8) is 0 Å². The summed E-state index contributed by atoms with van der Waals surface area (Å²) in [4.78, 5) is 10.9. The average molecular weight is 258 g/mol. The number of nitrogens with one attached hydrogen (secondary N) is 1. The van der Waals surface area contributed by atoms with E-state index in [2.05, 4.69) is 21.2 Å². The molecule has 4 heteroatoms. The Hall–Kier alpha value is -1.03. The van der Waals surface area contributed by atoms with Crippen molar-refractivity contribution in [1.82, 2.24) is 0 Å². The van der Waals surface area contributed by atoms with Crippen LogP contribution in [0.2, 0.25) is 0 Å². The molecule has 1 aromatic carbocycles. The molecule has 0 unspecified atom stereocenters. The van der Waals surface area contributed by atoms with Crippen LogP contribution in [0.3, 0.4) is 0 Å². The van der Waals surface area contributed by atoms with Gasteiger partial charge in [0.1, 0.15) is 0 Å². The van der Waals surface area contributed by atoms with Gasteiger partial charge < -0.3 is 10.4 Å². The summed E-state index contributed by atoms with van der Waals surface area (Å²) >= 11 is 3.24. The van der Waals surface area contributed by atoms with E-state index in [1.165, 1.54) is 0 Å². The summed E-state index contributed by atoms with van der Waals surface area (Å²) in [6.45, 7) is 3.93. The predicted molar refractivity (Wildman–Crippen MR) is 59.9 cm³/mol. The van der Waals surface area contributed by atoms with Crippen LogP contribution < -0.4 is 5.32 Å². The van der Waals surface area contributed by atoms with E-state index in [1.807, 2.05) is 19.9 Å². The molecule has 0 heterocycles. The molecular weight excluding hydrogens is 246 g/mol. The van der Waals surface area contributed by atoms with Gasteiger partial charge in [-0.25, -0.2) is 4.79 Å². The van der Waals surface area contributed by atoms with E-state index in [1.54, 1.807) is 12.1 Å². The van der Waals surface area contributed by atoms with Gasteiger partial charge in [0, 0.05) is 16.2 Å². The monoisotopic (exact) mass is 257 g/mol. The van der Waals surface area contributed by atoms with E-state index < -0.39 is 5.97 Å². The number of hydrogen-bond acceptors (Lipinski definition) is 2. The molecule has 0 radical (unpaired) electrons. The Labute approximate surface area is 91.3 Å². The predicted octanol–water partition coefficient (Wildman–Crippen LogP) is 2.97. The van der Waals surface area contributed by atoms with E-state index in [9.17, 15) is 4.79 Å². The van der Waals surface area contributed by atoms with Gasteiger partial charge in [0.15, 0.2) is 0 Å². The molecule has 0 aliphatic heterocycles. The summed E-state index contributed by atoms with van der Waals surface area (Å²) in [5.74, 6) is -0.922. The zero-order valence-corrected chi connectivity index (χ0v) is 9.63. The third-order valence-corrected chi connectivity index (χ3v) is 2.15. The Morgan fingerprint density at radius 2 is 2.14 bits per heavy atom. The third-order valence-electron chi connectivity index (χ3n) is 1.66. The second-order valence-corrected chi connectivity index (χ2v) is 4.21. The van der Waals surface area contributed by atoms with Crippen LogP contribution in [0.4, 0.5) is 5.69 Å². The Morgan fingerprint density at radius 1 is 1.50 bits per heavy atom. The molecule has 1 aromatic rings. The molecule has 0 spiro atoms. The number of halogens is 1. The van der Waals surface area contributed by atoms with Gasteiger partial charge in [-0.05, 0) is 32.0 Å². The molecule has 0 fully saturated rings. The minimum absolute atomic E-state index is 0.217. The largest absolute Gasteiger partial charge is 0.478 e. The molecule has 76 valence electrons. The molecule has 0 aromatic heterocycles. The zero-order valence-electron chi connectivity index (χ0n) is 8.04. The fraction of sp³-hybridized carbons (Fsp3) is 0.300. The smallest absolute Gasteiger partial charge is 0.337 e. The Balaban J connectivity index is 3.08. The quantitative estimate of drug-likeness (QED) is 0.876. The molecule has 14 heavy (non-hydrogen) atoms. The molecule has 0 aliphatic carbocycles. The van der Waals surface area contributed by atoms with Crippen LogP contribution in [-0.2, 0) is 0 Å². The maximum Gasteiger partial charge on any atom is 0.337 e. The van der Waals surface area contributed by atoms with Crippen LogP contribution in [0.15, 0.2) is 22.7 Å². The van der Waals surface area contributed by atoms with Crippen molar-refractivity contribution >= 4 is 27.6 Å². The van der Waals surface area contributed by atoms with Gasteiger partial charge in [-0.3, -0.25) is 0 Å². The summed E-state index contributed by atoms with van der Waals surface area (Å²) in [5, 5.41) is 12.0. The summed E-state index contributed by atoms with van der Waals surface area (Å²) in [5.41, 5.74) is 0.934. The Morgan fingerprint density at radius 3 is 2.64 bits per heavy atom. The van der Waals surface area contributed by atoms with Crippen molar-refractivity contribution < 1.29 is 9.90 Å². The van der Waals surface area contributed by atoms with Gasteiger partial charge in [0.2, 0.25) is 0 Å². The number of rotatable bonds is 3. The lowest BCUT2D eigenvalue weighted by Crippen LogP contribution is -2.13. The van der Waals surface area contributed by atoms with E-state index in [0.717, 1.165) is 4.47 Å². The number of carbonyl (C=O) groups is 1. The number of carboxylic acids is 1. The van der Waals surface area contributed by atoms with E-state index in [-0.39, 0.29) is 11.6 Å². The number of anilines is 1. The third kappa shape index (κ3) is 2.73. The summed E-state index contributed by atoms with van der Waals surface area (Å²) in [6, 6.07) is 5.38. The maximum absolute atomic E-state index is 10.9. The molecular formula is C10H12BrNO2. The first-order valence-corrected chi connectivity index (χ1v) is 5.09. The zero-order chi connectivity index (χ0) is 10.7. The number of aromatic carboxylic acids is 1. The standard InChI is InChI=1S/C10H12BrNO2/c1-6(2)12-9-4-3-7(11)5-8(9)10(13)14/h3-6,12H,1-2H3,(H,13,14). The molecule has 0 amide bonds. The molecule has 0 aliphatic rings. The number of carboxylic acid groups (broad SMARTS) is 1. The van der Waals surface area contributed by atoms with Gasteiger partial charge in [0.25, 0.3) is 0 Å². The van der Waals surface area contributed by atoms with Gasteiger partial charge in [-0.1, -0.05) is 15.9 Å². The van der Waals surface area contributed by atoms with Gasteiger partial charge in [0.05, 0.1) is 5.56 Å².